The van der Waals surface area contributed by atoms with Gasteiger partial charge in [-0.05, 0) is 33.2 Å². The van der Waals surface area contributed by atoms with E-state index >= 15 is 0 Å². The lowest BCUT2D eigenvalue weighted by Gasteiger charge is -2.28. The van der Waals surface area contributed by atoms with E-state index in [0.717, 1.165) is 11.3 Å². The van der Waals surface area contributed by atoms with Gasteiger partial charge >= 0.3 is 0 Å². The van der Waals surface area contributed by atoms with Crippen LogP contribution in [0.25, 0.3) is 0 Å². The van der Waals surface area contributed by atoms with Crippen LogP contribution >= 0.6 is 0 Å². The Bertz CT molecular complexity index is 451. The Kier molecular flexibility index (Phi) is 3.84. The van der Waals surface area contributed by atoms with Gasteiger partial charge in [0.25, 0.3) is 0 Å². The number of hydrogen-bond acceptors (Lipinski definition) is 3. The molecular formula is C15H24N2O. The van der Waals surface area contributed by atoms with Gasteiger partial charge in [-0.3, -0.25) is 0 Å². The largest absolute Gasteiger partial charge is 0.388 e. The quantitative estimate of drug-likeness (QED) is 0.769. The molecule has 0 fully saturated rings. The summed E-state index contributed by atoms with van der Waals surface area (Å²) in [6.45, 7) is 12.8. The molecule has 0 aliphatic heterocycles. The van der Waals surface area contributed by atoms with E-state index in [9.17, 15) is 4.91 Å². The summed E-state index contributed by atoms with van der Waals surface area (Å²) in [6, 6.07) is 3.97. The van der Waals surface area contributed by atoms with Crippen LogP contribution in [0.1, 0.15) is 52.7 Å². The van der Waals surface area contributed by atoms with E-state index in [1.807, 2.05) is 13.1 Å². The SMILES string of the molecule is CNc1cc(N=O)c(C(C)(C)C)cc1C(C)(C)C. The van der Waals surface area contributed by atoms with Crippen molar-refractivity contribution in [1.82, 2.24) is 0 Å². The Balaban J connectivity index is 3.60. The fraction of sp³-hybridized carbons (Fsp3) is 0.600. The molecule has 1 aromatic carbocycles. The van der Waals surface area contributed by atoms with Gasteiger partial charge in [-0.25, -0.2) is 0 Å². The van der Waals surface area contributed by atoms with Gasteiger partial charge in [-0.1, -0.05) is 47.6 Å². The summed E-state index contributed by atoms with van der Waals surface area (Å²) in [4.78, 5) is 11.0. The summed E-state index contributed by atoms with van der Waals surface area (Å²) >= 11 is 0. The van der Waals surface area contributed by atoms with Crippen molar-refractivity contribution >= 4 is 11.4 Å². The molecule has 0 aliphatic rings. The molecule has 0 heterocycles. The third-order valence-electron chi connectivity index (χ3n) is 3.12. The van der Waals surface area contributed by atoms with E-state index < -0.39 is 0 Å². The van der Waals surface area contributed by atoms with E-state index in [1.165, 1.54) is 5.56 Å². The average Bonchev–Trinajstić information content (AvgIpc) is 2.24. The zero-order valence-electron chi connectivity index (χ0n) is 12.5. The summed E-state index contributed by atoms with van der Waals surface area (Å²) in [7, 11) is 1.87. The second-order valence-electron chi connectivity index (χ2n) is 6.76. The molecule has 1 aromatic rings. The lowest BCUT2D eigenvalue weighted by atomic mass is 9.79. The highest BCUT2D eigenvalue weighted by atomic mass is 16.3. The van der Waals surface area contributed by atoms with Crippen LogP contribution < -0.4 is 5.32 Å². The number of anilines is 1. The fourth-order valence-corrected chi connectivity index (χ4v) is 2.09. The molecule has 0 saturated heterocycles. The smallest absolute Gasteiger partial charge is 0.113 e. The molecule has 0 atom stereocenters. The summed E-state index contributed by atoms with van der Waals surface area (Å²) in [5.41, 5.74) is 3.66. The fourth-order valence-electron chi connectivity index (χ4n) is 2.09. The molecule has 18 heavy (non-hydrogen) atoms. The van der Waals surface area contributed by atoms with Gasteiger partial charge in [0.1, 0.15) is 5.69 Å². The summed E-state index contributed by atoms with van der Waals surface area (Å²) < 4.78 is 0. The van der Waals surface area contributed by atoms with E-state index in [2.05, 4.69) is 58.1 Å². The molecule has 0 aromatic heterocycles. The molecule has 0 amide bonds. The van der Waals surface area contributed by atoms with Crippen LogP contribution in [0.3, 0.4) is 0 Å². The Morgan fingerprint density at radius 3 is 1.78 bits per heavy atom. The van der Waals surface area contributed by atoms with E-state index in [-0.39, 0.29) is 10.8 Å². The van der Waals surface area contributed by atoms with Crippen molar-refractivity contribution in [3.8, 4) is 0 Å². The van der Waals surface area contributed by atoms with Crippen LogP contribution in [0.2, 0.25) is 0 Å². The minimum Gasteiger partial charge on any atom is -0.388 e. The zero-order valence-corrected chi connectivity index (χ0v) is 12.5. The first kappa shape index (κ1) is 14.7. The zero-order chi connectivity index (χ0) is 14.1. The van der Waals surface area contributed by atoms with E-state index in [0.29, 0.717) is 5.69 Å². The molecule has 100 valence electrons. The molecule has 0 aliphatic carbocycles. The first-order chi connectivity index (χ1) is 8.11. The molecule has 3 nitrogen and oxygen atoms in total. The number of hydrogen-bond donors (Lipinski definition) is 1. The van der Waals surface area contributed by atoms with Crippen molar-refractivity contribution < 1.29 is 0 Å². The lowest BCUT2D eigenvalue weighted by molar-refractivity contribution is 0.570. The number of nitroso groups, excluding NO2 is 1. The van der Waals surface area contributed by atoms with Crippen LogP contribution in [0.15, 0.2) is 17.3 Å². The van der Waals surface area contributed by atoms with Gasteiger partial charge in [0.05, 0.1) is 0 Å². The molecule has 1 rings (SSSR count). The van der Waals surface area contributed by atoms with Crippen LogP contribution in [-0.2, 0) is 10.8 Å². The van der Waals surface area contributed by atoms with Crippen molar-refractivity contribution in [3.05, 3.63) is 28.2 Å². The Morgan fingerprint density at radius 2 is 1.44 bits per heavy atom. The first-order valence-corrected chi connectivity index (χ1v) is 6.31. The summed E-state index contributed by atoms with van der Waals surface area (Å²) in [5, 5.41) is 6.34. The number of nitrogens with zero attached hydrogens (tertiary/aromatic N) is 1. The Morgan fingerprint density at radius 1 is 0.944 bits per heavy atom. The third-order valence-corrected chi connectivity index (χ3v) is 3.12. The van der Waals surface area contributed by atoms with Crippen LogP contribution in [-0.4, -0.2) is 7.05 Å². The van der Waals surface area contributed by atoms with Crippen molar-refractivity contribution in [3.63, 3.8) is 0 Å². The van der Waals surface area contributed by atoms with Gasteiger partial charge in [-0.2, -0.15) is 0 Å². The van der Waals surface area contributed by atoms with Gasteiger partial charge in [-0.15, -0.1) is 4.91 Å². The maximum Gasteiger partial charge on any atom is 0.113 e. The van der Waals surface area contributed by atoms with Gasteiger partial charge < -0.3 is 5.32 Å². The topological polar surface area (TPSA) is 41.5 Å². The molecule has 0 saturated carbocycles. The molecule has 3 heteroatoms. The highest BCUT2D eigenvalue weighted by molar-refractivity contribution is 5.66. The lowest BCUT2D eigenvalue weighted by Crippen LogP contribution is -2.18. The predicted octanol–water partition coefficient (Wildman–Crippen LogP) is 4.72. The molecule has 0 unspecified atom stereocenters. The molecule has 0 spiro atoms. The highest BCUT2D eigenvalue weighted by Gasteiger charge is 2.25. The number of rotatable bonds is 2. The molecule has 0 radical (unpaired) electrons. The highest BCUT2D eigenvalue weighted by Crippen LogP contribution is 2.39. The van der Waals surface area contributed by atoms with Gasteiger partial charge in [0.15, 0.2) is 0 Å². The Hall–Kier alpha value is -1.38. The normalized spacial score (nSPS) is 12.4. The molecular weight excluding hydrogens is 224 g/mol. The van der Waals surface area contributed by atoms with E-state index in [1.54, 1.807) is 0 Å². The minimum atomic E-state index is -0.0878. The maximum atomic E-state index is 11.0. The maximum absolute atomic E-state index is 11.0. The summed E-state index contributed by atoms with van der Waals surface area (Å²) in [5.74, 6) is 0. The Labute approximate surface area is 110 Å². The van der Waals surface area contributed by atoms with Crippen molar-refractivity contribution in [2.45, 2.75) is 52.4 Å². The average molecular weight is 248 g/mol. The van der Waals surface area contributed by atoms with Crippen LogP contribution in [0, 0.1) is 4.91 Å². The number of nitrogens with one attached hydrogen (secondary N) is 1. The van der Waals surface area contributed by atoms with Crippen LogP contribution in [0.4, 0.5) is 11.4 Å². The standard InChI is InChI=1S/C15H24N2O/c1-14(2,3)10-8-11(15(4,5)6)13(17-18)9-12(10)16-7/h8-9,16H,1-7H3. The monoisotopic (exact) mass is 248 g/mol. The second kappa shape index (κ2) is 4.71. The van der Waals surface area contributed by atoms with Crippen molar-refractivity contribution in [1.29, 1.82) is 0 Å². The first-order valence-electron chi connectivity index (χ1n) is 6.31. The minimum absolute atomic E-state index is 0.0275. The second-order valence-corrected chi connectivity index (χ2v) is 6.76. The van der Waals surface area contributed by atoms with Crippen LogP contribution in [0.5, 0.6) is 0 Å². The molecule has 0 bridgehead atoms. The number of benzene rings is 1. The van der Waals surface area contributed by atoms with Crippen molar-refractivity contribution in [2.75, 3.05) is 12.4 Å². The summed E-state index contributed by atoms with van der Waals surface area (Å²) in [6.07, 6.45) is 0. The van der Waals surface area contributed by atoms with Gasteiger partial charge in [0, 0.05) is 12.7 Å². The van der Waals surface area contributed by atoms with Crippen molar-refractivity contribution in [2.24, 2.45) is 5.18 Å². The van der Waals surface area contributed by atoms with E-state index in [4.69, 9.17) is 0 Å². The predicted molar refractivity (Wildman–Crippen MR) is 78.8 cm³/mol. The molecule has 1 N–H and O–H groups in total. The third kappa shape index (κ3) is 2.89. The van der Waals surface area contributed by atoms with Gasteiger partial charge in [0.2, 0.25) is 0 Å².